The minimum Gasteiger partial charge on any atom is -0.496 e. The summed E-state index contributed by atoms with van der Waals surface area (Å²) >= 11 is 6.34. The summed E-state index contributed by atoms with van der Waals surface area (Å²) < 4.78 is 10.3. The van der Waals surface area contributed by atoms with E-state index in [4.69, 9.17) is 21.1 Å². The fourth-order valence-corrected chi connectivity index (χ4v) is 3.47. The van der Waals surface area contributed by atoms with Crippen LogP contribution >= 0.6 is 11.6 Å². The van der Waals surface area contributed by atoms with Crippen molar-refractivity contribution in [3.8, 4) is 5.75 Å². The van der Waals surface area contributed by atoms with Crippen molar-refractivity contribution in [3.05, 3.63) is 94.0 Å². The molecule has 0 atom stereocenters. The quantitative estimate of drug-likeness (QED) is 0.468. The van der Waals surface area contributed by atoms with Crippen molar-refractivity contribution in [2.24, 2.45) is 0 Å². The van der Waals surface area contributed by atoms with Crippen molar-refractivity contribution < 1.29 is 19.1 Å². The first-order valence-electron chi connectivity index (χ1n) is 10.0. The van der Waals surface area contributed by atoms with Crippen molar-refractivity contribution in [3.63, 3.8) is 0 Å². The van der Waals surface area contributed by atoms with Crippen molar-refractivity contribution in [1.82, 2.24) is 0 Å². The number of nitrogens with one attached hydrogen (secondary N) is 1. The van der Waals surface area contributed by atoms with E-state index in [0.29, 0.717) is 11.3 Å². The van der Waals surface area contributed by atoms with Crippen LogP contribution in [0.5, 0.6) is 5.75 Å². The Labute approximate surface area is 187 Å². The normalized spacial score (nSPS) is 10.4. The molecule has 0 fully saturated rings. The van der Waals surface area contributed by atoms with Gasteiger partial charge in [0.05, 0.1) is 24.4 Å². The number of rotatable bonds is 8. The second-order valence-electron chi connectivity index (χ2n) is 6.85. The predicted molar refractivity (Wildman–Crippen MR) is 122 cm³/mol. The summed E-state index contributed by atoms with van der Waals surface area (Å²) in [6.07, 6.45) is 1.56. The number of ether oxygens (including phenoxy) is 2. The number of aryl methyl sites for hydroxylation is 2. The van der Waals surface area contributed by atoms with Crippen LogP contribution in [-0.4, -0.2) is 25.6 Å². The third-order valence-electron chi connectivity index (χ3n) is 4.82. The first-order chi connectivity index (χ1) is 15.0. The monoisotopic (exact) mass is 437 g/mol. The minimum absolute atomic E-state index is 0.204. The molecule has 0 aliphatic heterocycles. The van der Waals surface area contributed by atoms with Gasteiger partial charge in [-0.1, -0.05) is 60.1 Å². The molecule has 3 rings (SSSR count). The van der Waals surface area contributed by atoms with Gasteiger partial charge in [0.15, 0.2) is 0 Å². The molecule has 0 saturated carbocycles. The fourth-order valence-electron chi connectivity index (χ4n) is 3.26. The number of benzene rings is 3. The lowest BCUT2D eigenvalue weighted by molar-refractivity contribution is 0.0522. The van der Waals surface area contributed by atoms with Gasteiger partial charge in [-0.2, -0.15) is 0 Å². The van der Waals surface area contributed by atoms with E-state index in [1.54, 1.807) is 13.0 Å². The highest BCUT2D eigenvalue weighted by Gasteiger charge is 2.19. The van der Waals surface area contributed by atoms with E-state index in [2.05, 4.69) is 17.4 Å². The highest BCUT2D eigenvalue weighted by Crippen LogP contribution is 2.32. The summed E-state index contributed by atoms with van der Waals surface area (Å²) in [5.74, 6) is -0.544. The van der Waals surface area contributed by atoms with Crippen LogP contribution in [0.15, 0.2) is 66.7 Å². The number of halogens is 1. The SMILES string of the molecule is CCOC(=O)c1cc(Cl)c(NC(=O)c2ccccc2CCc2ccccc2)cc1OC. The minimum atomic E-state index is -0.537. The van der Waals surface area contributed by atoms with Crippen LogP contribution in [0.2, 0.25) is 5.02 Å². The Balaban J connectivity index is 1.81. The molecule has 0 aromatic heterocycles. The molecule has 3 aromatic carbocycles. The summed E-state index contributed by atoms with van der Waals surface area (Å²) in [6.45, 7) is 1.95. The first kappa shape index (κ1) is 22.4. The molecular weight excluding hydrogens is 414 g/mol. The summed E-state index contributed by atoms with van der Waals surface area (Å²) in [5.41, 5.74) is 3.28. The van der Waals surface area contributed by atoms with E-state index in [1.807, 2.05) is 36.4 Å². The second-order valence-corrected chi connectivity index (χ2v) is 7.26. The van der Waals surface area contributed by atoms with Crippen molar-refractivity contribution >= 4 is 29.2 Å². The van der Waals surface area contributed by atoms with Gasteiger partial charge < -0.3 is 14.8 Å². The topological polar surface area (TPSA) is 64.6 Å². The van der Waals surface area contributed by atoms with Gasteiger partial charge in [-0.25, -0.2) is 4.79 Å². The van der Waals surface area contributed by atoms with E-state index in [0.717, 1.165) is 18.4 Å². The van der Waals surface area contributed by atoms with Crippen LogP contribution < -0.4 is 10.1 Å². The maximum absolute atomic E-state index is 13.0. The molecule has 0 heterocycles. The third kappa shape index (κ3) is 5.64. The van der Waals surface area contributed by atoms with Gasteiger partial charge in [-0.05, 0) is 43.0 Å². The maximum atomic E-state index is 13.0. The van der Waals surface area contributed by atoms with Crippen molar-refractivity contribution in [2.45, 2.75) is 19.8 Å². The van der Waals surface area contributed by atoms with E-state index in [9.17, 15) is 9.59 Å². The van der Waals surface area contributed by atoms with E-state index in [-0.39, 0.29) is 28.8 Å². The average molecular weight is 438 g/mol. The Hall–Kier alpha value is -3.31. The number of amides is 1. The zero-order chi connectivity index (χ0) is 22.2. The smallest absolute Gasteiger partial charge is 0.341 e. The van der Waals surface area contributed by atoms with Crippen LogP contribution in [0.25, 0.3) is 0 Å². The number of hydrogen-bond donors (Lipinski definition) is 1. The Morgan fingerprint density at radius 1 is 0.935 bits per heavy atom. The van der Waals surface area contributed by atoms with Gasteiger partial charge in [0, 0.05) is 11.6 Å². The van der Waals surface area contributed by atoms with Gasteiger partial charge >= 0.3 is 5.97 Å². The first-order valence-corrected chi connectivity index (χ1v) is 10.4. The summed E-state index contributed by atoms with van der Waals surface area (Å²) in [6, 6.07) is 20.6. The average Bonchev–Trinajstić information content (AvgIpc) is 2.79. The van der Waals surface area contributed by atoms with Gasteiger partial charge in [0.25, 0.3) is 5.91 Å². The van der Waals surface area contributed by atoms with E-state index < -0.39 is 5.97 Å². The van der Waals surface area contributed by atoms with E-state index >= 15 is 0 Å². The molecule has 6 heteroatoms. The Morgan fingerprint density at radius 3 is 2.35 bits per heavy atom. The van der Waals surface area contributed by atoms with Gasteiger partial charge in [0.2, 0.25) is 0 Å². The lowest BCUT2D eigenvalue weighted by Crippen LogP contribution is -2.15. The number of carbonyl (C=O) groups excluding carboxylic acids is 2. The number of carbonyl (C=O) groups is 2. The summed E-state index contributed by atoms with van der Waals surface area (Å²) in [7, 11) is 1.44. The van der Waals surface area contributed by atoms with Crippen LogP contribution in [0.3, 0.4) is 0 Å². The molecule has 0 aliphatic carbocycles. The van der Waals surface area contributed by atoms with Crippen LogP contribution in [0.1, 0.15) is 38.8 Å². The highest BCUT2D eigenvalue weighted by atomic mass is 35.5. The third-order valence-corrected chi connectivity index (χ3v) is 5.13. The maximum Gasteiger partial charge on any atom is 0.341 e. The molecule has 0 unspecified atom stereocenters. The molecule has 160 valence electrons. The number of methoxy groups -OCH3 is 1. The van der Waals surface area contributed by atoms with E-state index in [1.165, 1.54) is 24.8 Å². The highest BCUT2D eigenvalue weighted by molar-refractivity contribution is 6.34. The van der Waals surface area contributed by atoms with Crippen molar-refractivity contribution in [1.29, 1.82) is 0 Å². The zero-order valence-corrected chi connectivity index (χ0v) is 18.2. The van der Waals surface area contributed by atoms with Gasteiger partial charge in [-0.15, -0.1) is 0 Å². The van der Waals surface area contributed by atoms with Gasteiger partial charge in [0.1, 0.15) is 11.3 Å². The fraction of sp³-hybridized carbons (Fsp3) is 0.200. The molecule has 31 heavy (non-hydrogen) atoms. The molecule has 0 saturated heterocycles. The molecule has 0 spiro atoms. The Bertz CT molecular complexity index is 1070. The lowest BCUT2D eigenvalue weighted by Gasteiger charge is -2.14. The molecule has 5 nitrogen and oxygen atoms in total. The lowest BCUT2D eigenvalue weighted by atomic mass is 9.99. The van der Waals surface area contributed by atoms with Crippen LogP contribution in [0.4, 0.5) is 5.69 Å². The van der Waals surface area contributed by atoms with Crippen molar-refractivity contribution in [2.75, 3.05) is 19.0 Å². The second kappa shape index (κ2) is 10.6. The molecule has 0 bridgehead atoms. The Kier molecular flexibility index (Phi) is 7.68. The largest absolute Gasteiger partial charge is 0.496 e. The number of anilines is 1. The number of hydrogen-bond acceptors (Lipinski definition) is 4. The molecule has 1 N–H and O–H groups in total. The molecule has 3 aromatic rings. The zero-order valence-electron chi connectivity index (χ0n) is 17.5. The van der Waals surface area contributed by atoms with Gasteiger partial charge in [-0.3, -0.25) is 4.79 Å². The Morgan fingerprint density at radius 2 is 1.65 bits per heavy atom. The standard InChI is InChI=1S/C25H24ClNO4/c1-3-31-25(29)20-15-21(26)22(16-23(20)30-2)27-24(28)19-12-8-7-11-18(19)14-13-17-9-5-4-6-10-17/h4-12,15-16H,3,13-14H2,1-2H3,(H,27,28). The summed E-state index contributed by atoms with van der Waals surface area (Å²) in [4.78, 5) is 25.1. The molecule has 0 radical (unpaired) electrons. The summed E-state index contributed by atoms with van der Waals surface area (Å²) in [5, 5.41) is 3.06. The molecule has 0 aliphatic rings. The predicted octanol–water partition coefficient (Wildman–Crippen LogP) is 5.56. The number of esters is 1. The molecule has 1 amide bonds. The molecular formula is C25H24ClNO4. The van der Waals surface area contributed by atoms with Crippen LogP contribution in [-0.2, 0) is 17.6 Å². The van der Waals surface area contributed by atoms with Crippen LogP contribution in [0, 0.1) is 0 Å².